The summed E-state index contributed by atoms with van der Waals surface area (Å²) < 4.78 is 87.5. The number of rotatable bonds is 9. The molecule has 1 atom stereocenters. The third-order valence-corrected chi connectivity index (χ3v) is 7.36. The van der Waals surface area contributed by atoms with Crippen LogP contribution in [-0.4, -0.2) is 59.7 Å². The summed E-state index contributed by atoms with van der Waals surface area (Å²) in [4.78, 5) is 76.1. The second-order valence-electron chi connectivity index (χ2n) is 10.1. The number of halogens is 8. The standard InChI is InChI=1S/C30H19Cl2F6N3O8/c1-13(27(46)48-11-23(42)39-21-9-15(29(33,34)35)3-6-19(21)31)41-25(44)17-5-2-14(8-18(17)26(41)45)28(47)49-12-24(43)40-22-10-16(30(36,37)38)4-7-20(22)32/h2-10,13H,11-12H2,1H3,(H,39,42)(H,40,43)/t13-/m1/s1. The van der Waals surface area contributed by atoms with E-state index in [1.807, 2.05) is 0 Å². The highest BCUT2D eigenvalue weighted by molar-refractivity contribution is 6.34. The molecule has 0 spiro atoms. The summed E-state index contributed by atoms with van der Waals surface area (Å²) in [5.41, 5.74) is -3.89. The lowest BCUT2D eigenvalue weighted by molar-refractivity contribution is -0.150. The number of carbonyl (C=O) groups is 6. The number of carbonyl (C=O) groups excluding carboxylic acids is 6. The quantitative estimate of drug-likeness (QED) is 0.155. The lowest BCUT2D eigenvalue weighted by Gasteiger charge is -2.20. The Balaban J connectivity index is 1.35. The number of esters is 2. The first-order valence-electron chi connectivity index (χ1n) is 13.5. The second-order valence-corrected chi connectivity index (χ2v) is 10.9. The van der Waals surface area contributed by atoms with Crippen molar-refractivity contribution in [1.82, 2.24) is 4.90 Å². The van der Waals surface area contributed by atoms with Gasteiger partial charge in [-0.25, -0.2) is 9.59 Å². The van der Waals surface area contributed by atoms with Crippen LogP contribution in [0.2, 0.25) is 10.0 Å². The molecule has 2 N–H and O–H groups in total. The van der Waals surface area contributed by atoms with E-state index in [1.165, 1.54) is 0 Å². The Bertz CT molecular complexity index is 1880. The minimum atomic E-state index is -4.73. The van der Waals surface area contributed by atoms with Gasteiger partial charge in [0.05, 0.1) is 49.2 Å². The minimum absolute atomic E-state index is 0.222. The Morgan fingerprint density at radius 1 is 0.714 bits per heavy atom. The van der Waals surface area contributed by atoms with Crippen LogP contribution in [0.4, 0.5) is 37.7 Å². The number of hydrogen-bond acceptors (Lipinski definition) is 8. The number of amides is 4. The van der Waals surface area contributed by atoms with Gasteiger partial charge in [-0.1, -0.05) is 23.2 Å². The van der Waals surface area contributed by atoms with Crippen LogP contribution in [0.5, 0.6) is 0 Å². The highest BCUT2D eigenvalue weighted by atomic mass is 35.5. The topological polar surface area (TPSA) is 148 Å². The Morgan fingerprint density at radius 2 is 1.18 bits per heavy atom. The van der Waals surface area contributed by atoms with Crippen LogP contribution >= 0.6 is 23.2 Å². The molecule has 11 nitrogen and oxygen atoms in total. The molecule has 0 saturated heterocycles. The van der Waals surface area contributed by atoms with Crippen molar-refractivity contribution >= 4 is 70.1 Å². The molecule has 49 heavy (non-hydrogen) atoms. The molecule has 258 valence electrons. The molecule has 0 fully saturated rings. The molecular formula is C30H19Cl2F6N3O8. The maximum absolute atomic E-state index is 13.1. The molecule has 1 aliphatic rings. The van der Waals surface area contributed by atoms with Crippen LogP contribution in [0.1, 0.15) is 49.1 Å². The SMILES string of the molecule is C[C@H](C(=O)OCC(=O)Nc1cc(C(F)(F)F)ccc1Cl)N1C(=O)c2ccc(C(=O)OCC(=O)Nc3cc(C(F)(F)F)ccc3Cl)cc2C1=O. The van der Waals surface area contributed by atoms with Crippen LogP contribution < -0.4 is 10.6 Å². The molecule has 3 aromatic carbocycles. The van der Waals surface area contributed by atoms with Gasteiger partial charge < -0.3 is 20.1 Å². The number of imide groups is 1. The number of anilines is 2. The Kier molecular flexibility index (Phi) is 10.6. The predicted octanol–water partition coefficient (Wildman–Crippen LogP) is 5.99. The number of alkyl halides is 6. The Hall–Kier alpha value is -5.16. The first-order chi connectivity index (χ1) is 22.8. The van der Waals surface area contributed by atoms with Gasteiger partial charge in [-0.2, -0.15) is 26.3 Å². The molecule has 0 unspecified atom stereocenters. The summed E-state index contributed by atoms with van der Waals surface area (Å²) in [6.45, 7) is -0.906. The molecule has 0 aromatic heterocycles. The smallest absolute Gasteiger partial charge is 0.416 e. The van der Waals surface area contributed by atoms with Crippen molar-refractivity contribution in [3.8, 4) is 0 Å². The summed E-state index contributed by atoms with van der Waals surface area (Å²) >= 11 is 11.7. The molecule has 4 amide bonds. The molecule has 0 bridgehead atoms. The normalized spacial score (nSPS) is 13.4. The summed E-state index contributed by atoms with van der Waals surface area (Å²) in [6.07, 6.45) is -9.45. The van der Waals surface area contributed by atoms with Crippen molar-refractivity contribution in [1.29, 1.82) is 0 Å². The lowest BCUT2D eigenvalue weighted by atomic mass is 10.1. The van der Waals surface area contributed by atoms with Gasteiger partial charge in [0, 0.05) is 0 Å². The number of nitrogens with one attached hydrogen (secondary N) is 2. The van der Waals surface area contributed by atoms with Crippen LogP contribution in [0.25, 0.3) is 0 Å². The minimum Gasteiger partial charge on any atom is -0.454 e. The van der Waals surface area contributed by atoms with Gasteiger partial charge in [-0.3, -0.25) is 24.1 Å². The van der Waals surface area contributed by atoms with Gasteiger partial charge in [0.2, 0.25) is 0 Å². The van der Waals surface area contributed by atoms with Crippen molar-refractivity contribution in [3.05, 3.63) is 92.5 Å². The van der Waals surface area contributed by atoms with Crippen molar-refractivity contribution < 1.29 is 64.6 Å². The maximum atomic E-state index is 13.1. The fourth-order valence-electron chi connectivity index (χ4n) is 4.28. The second kappa shape index (κ2) is 14.1. The van der Waals surface area contributed by atoms with Gasteiger partial charge in [-0.15, -0.1) is 0 Å². The van der Waals surface area contributed by atoms with Gasteiger partial charge in [0.1, 0.15) is 6.04 Å². The van der Waals surface area contributed by atoms with E-state index in [0.717, 1.165) is 37.3 Å². The molecule has 3 aromatic rings. The van der Waals surface area contributed by atoms with Crippen molar-refractivity contribution in [3.63, 3.8) is 0 Å². The summed E-state index contributed by atoms with van der Waals surface area (Å²) in [5.74, 6) is -6.55. The number of ether oxygens (including phenoxy) is 2. The van der Waals surface area contributed by atoms with E-state index in [2.05, 4.69) is 10.6 Å². The zero-order valence-electron chi connectivity index (χ0n) is 24.4. The fourth-order valence-corrected chi connectivity index (χ4v) is 4.61. The average molecular weight is 734 g/mol. The monoisotopic (exact) mass is 733 g/mol. The molecule has 19 heteroatoms. The average Bonchev–Trinajstić information content (AvgIpc) is 3.27. The van der Waals surface area contributed by atoms with Crippen LogP contribution in [-0.2, 0) is 36.2 Å². The summed E-state index contributed by atoms with van der Waals surface area (Å²) in [6, 6.07) is 5.84. The molecule has 1 aliphatic heterocycles. The van der Waals surface area contributed by atoms with E-state index in [4.69, 9.17) is 32.7 Å². The van der Waals surface area contributed by atoms with E-state index in [1.54, 1.807) is 0 Å². The molecule has 0 saturated carbocycles. The zero-order chi connectivity index (χ0) is 36.4. The molecular weight excluding hydrogens is 715 g/mol. The zero-order valence-corrected chi connectivity index (χ0v) is 25.9. The van der Waals surface area contributed by atoms with Crippen LogP contribution in [0, 0.1) is 0 Å². The first-order valence-corrected chi connectivity index (χ1v) is 14.2. The highest BCUT2D eigenvalue weighted by Crippen LogP contribution is 2.35. The van der Waals surface area contributed by atoms with Gasteiger partial charge in [0.25, 0.3) is 23.6 Å². The number of nitrogens with zero attached hydrogens (tertiary/aromatic N) is 1. The van der Waals surface area contributed by atoms with Gasteiger partial charge in [-0.05, 0) is 61.5 Å². The van der Waals surface area contributed by atoms with Crippen molar-refractivity contribution in [2.75, 3.05) is 23.8 Å². The van der Waals surface area contributed by atoms with Crippen molar-refractivity contribution in [2.45, 2.75) is 25.3 Å². The van der Waals surface area contributed by atoms with E-state index in [9.17, 15) is 55.1 Å². The largest absolute Gasteiger partial charge is 0.454 e. The van der Waals surface area contributed by atoms with E-state index < -0.39 is 89.7 Å². The Morgan fingerprint density at radius 3 is 1.67 bits per heavy atom. The van der Waals surface area contributed by atoms with E-state index in [0.29, 0.717) is 29.2 Å². The number of hydrogen-bond donors (Lipinski definition) is 2. The summed E-state index contributed by atoms with van der Waals surface area (Å²) in [7, 11) is 0. The Labute approximate surface area is 281 Å². The number of fused-ring (bicyclic) bond motifs is 1. The van der Waals surface area contributed by atoms with Crippen LogP contribution in [0.3, 0.4) is 0 Å². The number of benzene rings is 3. The molecule has 0 radical (unpaired) electrons. The predicted molar refractivity (Wildman–Crippen MR) is 158 cm³/mol. The molecule has 4 rings (SSSR count). The van der Waals surface area contributed by atoms with Crippen LogP contribution in [0.15, 0.2) is 54.6 Å². The van der Waals surface area contributed by atoms with Gasteiger partial charge >= 0.3 is 24.3 Å². The van der Waals surface area contributed by atoms with Gasteiger partial charge in [0.15, 0.2) is 13.2 Å². The van der Waals surface area contributed by atoms with E-state index >= 15 is 0 Å². The lowest BCUT2D eigenvalue weighted by Crippen LogP contribution is -2.44. The van der Waals surface area contributed by atoms with Crippen molar-refractivity contribution in [2.24, 2.45) is 0 Å². The van der Waals surface area contributed by atoms with E-state index in [-0.39, 0.29) is 26.7 Å². The first kappa shape index (κ1) is 36.7. The molecule has 0 aliphatic carbocycles. The third-order valence-electron chi connectivity index (χ3n) is 6.70. The molecule has 1 heterocycles. The fraction of sp³-hybridized carbons (Fsp3) is 0.200. The maximum Gasteiger partial charge on any atom is 0.416 e. The third kappa shape index (κ3) is 8.47. The summed E-state index contributed by atoms with van der Waals surface area (Å²) in [5, 5.41) is 3.69. The highest BCUT2D eigenvalue weighted by Gasteiger charge is 2.42.